The Morgan fingerprint density at radius 1 is 0.875 bits per heavy atom. The number of nitrogens with zero attached hydrogens (tertiary/aromatic N) is 2. The average molecular weight is 431 g/mol. The molecule has 1 aliphatic rings. The first-order valence-corrected chi connectivity index (χ1v) is 11.2. The highest BCUT2D eigenvalue weighted by molar-refractivity contribution is 6.03. The van der Waals surface area contributed by atoms with Gasteiger partial charge >= 0.3 is 6.03 Å². The largest absolute Gasteiger partial charge is 0.336 e. The number of rotatable bonds is 5. The molecule has 1 fully saturated rings. The highest BCUT2D eigenvalue weighted by Gasteiger charge is 2.24. The maximum Gasteiger partial charge on any atom is 0.319 e. The number of fused-ring (bicyclic) bond motifs is 1. The van der Waals surface area contributed by atoms with Crippen molar-refractivity contribution in [1.82, 2.24) is 15.1 Å². The van der Waals surface area contributed by atoms with Gasteiger partial charge in [-0.3, -0.25) is 9.69 Å². The molecule has 6 heteroatoms. The molecule has 1 heterocycles. The van der Waals surface area contributed by atoms with Crippen LogP contribution >= 0.6 is 0 Å². The first kappa shape index (κ1) is 21.8. The molecule has 0 radical (unpaired) electrons. The molecule has 1 saturated heterocycles. The van der Waals surface area contributed by atoms with E-state index in [0.717, 1.165) is 19.6 Å². The number of para-hydroxylation sites is 1. The molecule has 2 N–H and O–H groups in total. The zero-order valence-electron chi connectivity index (χ0n) is 18.7. The third kappa shape index (κ3) is 5.08. The molecule has 0 atom stereocenters. The lowest BCUT2D eigenvalue weighted by atomic mass is 10.0. The molecule has 0 aliphatic carbocycles. The topological polar surface area (TPSA) is 64.7 Å². The fraction of sp³-hybridized carbons (Fsp3) is 0.308. The zero-order valence-corrected chi connectivity index (χ0v) is 18.7. The number of piperazine rings is 1. The Morgan fingerprint density at radius 2 is 1.56 bits per heavy atom. The van der Waals surface area contributed by atoms with Crippen molar-refractivity contribution in [2.75, 3.05) is 31.5 Å². The van der Waals surface area contributed by atoms with Crippen LogP contribution in [0.3, 0.4) is 0 Å². The van der Waals surface area contributed by atoms with E-state index in [4.69, 9.17) is 0 Å². The van der Waals surface area contributed by atoms with Gasteiger partial charge in [0.15, 0.2) is 0 Å². The highest BCUT2D eigenvalue weighted by atomic mass is 16.2. The quantitative estimate of drug-likeness (QED) is 0.633. The molecule has 0 aromatic heterocycles. The second kappa shape index (κ2) is 9.83. The first-order chi connectivity index (χ1) is 15.5. The lowest BCUT2D eigenvalue weighted by Gasteiger charge is -2.35. The molecule has 1 aliphatic heterocycles. The standard InChI is InChI=1S/C26H30N4O2/c1-19(2)27-26(32)28-24-13-6-5-12-23(24)25(31)30-16-14-29(15-17-30)18-21-10-7-9-20-8-3-4-11-22(20)21/h3-13,19H,14-18H2,1-2H3,(H2,27,28,32). The summed E-state index contributed by atoms with van der Waals surface area (Å²) in [6.45, 7) is 7.63. The van der Waals surface area contributed by atoms with E-state index in [1.165, 1.54) is 16.3 Å². The van der Waals surface area contributed by atoms with Crippen molar-refractivity contribution >= 4 is 28.4 Å². The van der Waals surface area contributed by atoms with Gasteiger partial charge in [0.25, 0.3) is 5.91 Å². The minimum atomic E-state index is -0.305. The Labute approximate surface area is 189 Å². The number of amides is 3. The van der Waals surface area contributed by atoms with Gasteiger partial charge in [-0.25, -0.2) is 4.79 Å². The van der Waals surface area contributed by atoms with Crippen molar-refractivity contribution < 1.29 is 9.59 Å². The number of hydrogen-bond donors (Lipinski definition) is 2. The summed E-state index contributed by atoms with van der Waals surface area (Å²) in [7, 11) is 0. The van der Waals surface area contributed by atoms with Crippen molar-refractivity contribution in [3.05, 3.63) is 77.9 Å². The van der Waals surface area contributed by atoms with Crippen LogP contribution in [0.2, 0.25) is 0 Å². The Balaban J connectivity index is 1.39. The fourth-order valence-electron chi connectivity index (χ4n) is 4.15. The van der Waals surface area contributed by atoms with Gasteiger partial charge in [0, 0.05) is 38.8 Å². The summed E-state index contributed by atoms with van der Waals surface area (Å²) in [6, 6.07) is 21.8. The van der Waals surface area contributed by atoms with E-state index in [9.17, 15) is 9.59 Å². The minimum Gasteiger partial charge on any atom is -0.336 e. The Bertz CT molecular complexity index is 1100. The number of carbonyl (C=O) groups is 2. The molecule has 0 bridgehead atoms. The zero-order chi connectivity index (χ0) is 22.5. The first-order valence-electron chi connectivity index (χ1n) is 11.2. The highest BCUT2D eigenvalue weighted by Crippen LogP contribution is 2.22. The summed E-state index contributed by atoms with van der Waals surface area (Å²) in [5.41, 5.74) is 2.37. The van der Waals surface area contributed by atoms with Crippen molar-refractivity contribution in [3.8, 4) is 0 Å². The van der Waals surface area contributed by atoms with Crippen molar-refractivity contribution in [2.24, 2.45) is 0 Å². The number of benzene rings is 3. The van der Waals surface area contributed by atoms with Gasteiger partial charge in [-0.15, -0.1) is 0 Å². The maximum absolute atomic E-state index is 13.2. The normalized spacial score (nSPS) is 14.5. The molecule has 3 amide bonds. The van der Waals surface area contributed by atoms with Crippen LogP contribution in [-0.4, -0.2) is 54.0 Å². The van der Waals surface area contributed by atoms with Gasteiger partial charge in [0.05, 0.1) is 11.3 Å². The van der Waals surface area contributed by atoms with Crippen LogP contribution in [0.25, 0.3) is 10.8 Å². The predicted molar refractivity (Wildman–Crippen MR) is 129 cm³/mol. The second-order valence-corrected chi connectivity index (χ2v) is 8.51. The van der Waals surface area contributed by atoms with Gasteiger partial charge < -0.3 is 15.5 Å². The van der Waals surface area contributed by atoms with E-state index < -0.39 is 0 Å². The van der Waals surface area contributed by atoms with Crippen molar-refractivity contribution in [2.45, 2.75) is 26.4 Å². The summed E-state index contributed by atoms with van der Waals surface area (Å²) in [6.07, 6.45) is 0. The monoisotopic (exact) mass is 430 g/mol. The van der Waals surface area contributed by atoms with Crippen LogP contribution in [0.15, 0.2) is 66.7 Å². The molecule has 166 valence electrons. The number of anilines is 1. The third-order valence-electron chi connectivity index (χ3n) is 5.76. The van der Waals surface area contributed by atoms with Gasteiger partial charge in [0.2, 0.25) is 0 Å². The van der Waals surface area contributed by atoms with E-state index in [0.29, 0.717) is 24.3 Å². The van der Waals surface area contributed by atoms with Gasteiger partial charge in [-0.05, 0) is 42.3 Å². The Morgan fingerprint density at radius 3 is 2.34 bits per heavy atom. The van der Waals surface area contributed by atoms with Crippen LogP contribution < -0.4 is 10.6 Å². The summed E-state index contributed by atoms with van der Waals surface area (Å²) in [5, 5.41) is 8.15. The second-order valence-electron chi connectivity index (χ2n) is 8.51. The molecule has 0 spiro atoms. The average Bonchev–Trinajstić information content (AvgIpc) is 2.79. The molecular weight excluding hydrogens is 400 g/mol. The van der Waals surface area contributed by atoms with Crippen molar-refractivity contribution in [1.29, 1.82) is 0 Å². The third-order valence-corrected chi connectivity index (χ3v) is 5.76. The Hall–Kier alpha value is -3.38. The van der Waals surface area contributed by atoms with Gasteiger partial charge in [0.1, 0.15) is 0 Å². The molecule has 3 aromatic rings. The molecule has 32 heavy (non-hydrogen) atoms. The smallest absolute Gasteiger partial charge is 0.319 e. The van der Waals surface area contributed by atoms with Crippen LogP contribution in [0, 0.1) is 0 Å². The number of urea groups is 1. The number of nitrogens with one attached hydrogen (secondary N) is 2. The van der Waals surface area contributed by atoms with Crippen LogP contribution in [-0.2, 0) is 6.54 Å². The predicted octanol–water partition coefficient (Wildman–Crippen LogP) is 4.33. The van der Waals surface area contributed by atoms with E-state index in [-0.39, 0.29) is 18.0 Å². The molecule has 3 aromatic carbocycles. The molecule has 0 unspecified atom stereocenters. The van der Waals surface area contributed by atoms with Gasteiger partial charge in [-0.1, -0.05) is 54.6 Å². The van der Waals surface area contributed by atoms with E-state index in [2.05, 4.69) is 58.0 Å². The summed E-state index contributed by atoms with van der Waals surface area (Å²) >= 11 is 0. The molecular formula is C26H30N4O2. The summed E-state index contributed by atoms with van der Waals surface area (Å²) < 4.78 is 0. The molecule has 4 rings (SSSR count). The summed E-state index contributed by atoms with van der Waals surface area (Å²) in [4.78, 5) is 29.6. The van der Waals surface area contributed by atoms with Crippen LogP contribution in [0.4, 0.5) is 10.5 Å². The maximum atomic E-state index is 13.2. The van der Waals surface area contributed by atoms with Crippen LogP contribution in [0.5, 0.6) is 0 Å². The summed E-state index contributed by atoms with van der Waals surface area (Å²) in [5.74, 6) is -0.0461. The van der Waals surface area contributed by atoms with Gasteiger partial charge in [-0.2, -0.15) is 0 Å². The molecule has 6 nitrogen and oxygen atoms in total. The lowest BCUT2D eigenvalue weighted by Crippen LogP contribution is -2.48. The lowest BCUT2D eigenvalue weighted by molar-refractivity contribution is 0.0630. The Kier molecular flexibility index (Phi) is 6.71. The number of carbonyl (C=O) groups excluding carboxylic acids is 2. The fourth-order valence-corrected chi connectivity index (χ4v) is 4.15. The minimum absolute atomic E-state index is 0.0210. The molecule has 0 saturated carbocycles. The van der Waals surface area contributed by atoms with E-state index in [1.807, 2.05) is 30.9 Å². The number of hydrogen-bond acceptors (Lipinski definition) is 3. The van der Waals surface area contributed by atoms with Crippen molar-refractivity contribution in [3.63, 3.8) is 0 Å². The van der Waals surface area contributed by atoms with Crippen LogP contribution in [0.1, 0.15) is 29.8 Å². The van der Waals surface area contributed by atoms with E-state index >= 15 is 0 Å². The SMILES string of the molecule is CC(C)NC(=O)Nc1ccccc1C(=O)N1CCN(Cc2cccc3ccccc23)CC1. The van der Waals surface area contributed by atoms with E-state index in [1.54, 1.807) is 12.1 Å².